The van der Waals surface area contributed by atoms with E-state index in [0.717, 1.165) is 16.7 Å². The Labute approximate surface area is 163 Å². The van der Waals surface area contributed by atoms with Crippen LogP contribution in [0.2, 0.25) is 0 Å². The quantitative estimate of drug-likeness (QED) is 0.496. The molecule has 0 spiro atoms. The van der Waals surface area contributed by atoms with Gasteiger partial charge in [0, 0.05) is 12.6 Å². The maximum absolute atomic E-state index is 13.5. The van der Waals surface area contributed by atoms with Crippen molar-refractivity contribution in [3.63, 3.8) is 0 Å². The van der Waals surface area contributed by atoms with Crippen LogP contribution in [0.25, 0.3) is 0 Å². The predicted octanol–water partition coefficient (Wildman–Crippen LogP) is 3.93. The predicted molar refractivity (Wildman–Crippen MR) is 105 cm³/mol. The lowest BCUT2D eigenvalue weighted by molar-refractivity contribution is -0.387. The van der Waals surface area contributed by atoms with Crippen molar-refractivity contribution in [3.05, 3.63) is 106 Å². The lowest BCUT2D eigenvalue weighted by Crippen LogP contribution is -2.40. The first kappa shape index (κ1) is 18.3. The van der Waals surface area contributed by atoms with Crippen molar-refractivity contribution in [2.45, 2.75) is 17.4 Å². The number of nitro groups is 1. The number of benzene rings is 3. The summed E-state index contributed by atoms with van der Waals surface area (Å²) in [6.07, 6.45) is 0.555. The average Bonchev–Trinajstić information content (AvgIpc) is 2.73. The van der Waals surface area contributed by atoms with Crippen molar-refractivity contribution in [3.8, 4) is 0 Å². The van der Waals surface area contributed by atoms with Gasteiger partial charge in [0.25, 0.3) is 15.7 Å². The first-order chi connectivity index (χ1) is 13.5. The summed E-state index contributed by atoms with van der Waals surface area (Å²) in [4.78, 5) is 10.5. The van der Waals surface area contributed by atoms with Crippen LogP contribution in [0.1, 0.15) is 22.7 Å². The van der Waals surface area contributed by atoms with Crippen LogP contribution < -0.4 is 0 Å². The molecule has 0 bridgehead atoms. The third-order valence-electron chi connectivity index (χ3n) is 5.00. The molecule has 142 valence electrons. The van der Waals surface area contributed by atoms with Crippen LogP contribution in [0.5, 0.6) is 0 Å². The van der Waals surface area contributed by atoms with Crippen molar-refractivity contribution in [1.82, 2.24) is 4.31 Å². The second kappa shape index (κ2) is 7.18. The van der Waals surface area contributed by atoms with E-state index in [-0.39, 0.29) is 11.4 Å². The summed E-state index contributed by atoms with van der Waals surface area (Å²) < 4.78 is 28.4. The number of fused-ring (bicyclic) bond motifs is 1. The van der Waals surface area contributed by atoms with Crippen LogP contribution >= 0.6 is 0 Å². The molecule has 1 unspecified atom stereocenters. The van der Waals surface area contributed by atoms with Gasteiger partial charge < -0.3 is 0 Å². The molecule has 0 saturated carbocycles. The fourth-order valence-electron chi connectivity index (χ4n) is 3.74. The molecule has 1 aliphatic rings. The van der Waals surface area contributed by atoms with Crippen molar-refractivity contribution < 1.29 is 13.3 Å². The van der Waals surface area contributed by atoms with Gasteiger partial charge in [-0.3, -0.25) is 10.1 Å². The van der Waals surface area contributed by atoms with Crippen molar-refractivity contribution in [2.24, 2.45) is 0 Å². The van der Waals surface area contributed by atoms with Crippen LogP contribution in [0.3, 0.4) is 0 Å². The molecule has 28 heavy (non-hydrogen) atoms. The normalized spacial score (nSPS) is 17.1. The maximum Gasteiger partial charge on any atom is 0.289 e. The molecule has 0 aromatic heterocycles. The van der Waals surface area contributed by atoms with Crippen molar-refractivity contribution in [1.29, 1.82) is 0 Å². The molecular weight excluding hydrogens is 376 g/mol. The Balaban J connectivity index is 1.90. The molecule has 7 heteroatoms. The van der Waals surface area contributed by atoms with Gasteiger partial charge in [0.2, 0.25) is 0 Å². The Hall–Kier alpha value is -3.03. The molecule has 4 rings (SSSR count). The van der Waals surface area contributed by atoms with Gasteiger partial charge in [0.15, 0.2) is 4.90 Å². The molecule has 0 radical (unpaired) electrons. The number of nitro benzene ring substituents is 1. The number of sulfonamides is 1. The van der Waals surface area contributed by atoms with Gasteiger partial charge in [-0.15, -0.1) is 0 Å². The first-order valence-electron chi connectivity index (χ1n) is 8.88. The summed E-state index contributed by atoms with van der Waals surface area (Å²) >= 11 is 0. The van der Waals surface area contributed by atoms with E-state index < -0.39 is 26.7 Å². The topological polar surface area (TPSA) is 80.5 Å². The second-order valence-electron chi connectivity index (χ2n) is 6.60. The zero-order valence-corrected chi connectivity index (χ0v) is 15.7. The van der Waals surface area contributed by atoms with E-state index in [2.05, 4.69) is 0 Å². The fourth-order valence-corrected chi connectivity index (χ4v) is 5.49. The van der Waals surface area contributed by atoms with Gasteiger partial charge in [0.05, 0.1) is 11.0 Å². The summed E-state index contributed by atoms with van der Waals surface area (Å²) in [6.45, 7) is 0.255. The van der Waals surface area contributed by atoms with Crippen LogP contribution in [-0.4, -0.2) is 24.2 Å². The van der Waals surface area contributed by atoms with Gasteiger partial charge in [-0.1, -0.05) is 66.7 Å². The molecule has 0 saturated heterocycles. The van der Waals surface area contributed by atoms with E-state index in [9.17, 15) is 18.5 Å². The molecular formula is C21H18N2O4S. The van der Waals surface area contributed by atoms with E-state index in [1.54, 1.807) is 0 Å². The van der Waals surface area contributed by atoms with Gasteiger partial charge in [0.1, 0.15) is 0 Å². The minimum Gasteiger partial charge on any atom is -0.258 e. The third-order valence-corrected chi connectivity index (χ3v) is 6.91. The molecule has 1 heterocycles. The highest BCUT2D eigenvalue weighted by molar-refractivity contribution is 7.89. The molecule has 6 nitrogen and oxygen atoms in total. The molecule has 1 atom stereocenters. The van der Waals surface area contributed by atoms with Crippen molar-refractivity contribution >= 4 is 15.7 Å². The zero-order valence-electron chi connectivity index (χ0n) is 14.9. The molecule has 0 N–H and O–H groups in total. The molecule has 3 aromatic carbocycles. The first-order valence-corrected chi connectivity index (χ1v) is 10.3. The summed E-state index contributed by atoms with van der Waals surface area (Å²) in [5, 5.41) is 11.4. The lowest BCUT2D eigenvalue weighted by Gasteiger charge is -2.36. The Morgan fingerprint density at radius 2 is 1.54 bits per heavy atom. The van der Waals surface area contributed by atoms with Gasteiger partial charge in [-0.05, 0) is 29.2 Å². The van der Waals surface area contributed by atoms with Gasteiger partial charge >= 0.3 is 0 Å². The number of hydrogen-bond acceptors (Lipinski definition) is 4. The van der Waals surface area contributed by atoms with E-state index in [1.165, 1.54) is 28.6 Å². The molecule has 3 aromatic rings. The van der Waals surface area contributed by atoms with E-state index >= 15 is 0 Å². The van der Waals surface area contributed by atoms with Gasteiger partial charge in [-0.25, -0.2) is 8.42 Å². The Bertz CT molecular complexity index is 1130. The summed E-state index contributed by atoms with van der Waals surface area (Å²) in [6, 6.07) is 22.1. The van der Waals surface area contributed by atoms with E-state index in [4.69, 9.17) is 0 Å². The monoisotopic (exact) mass is 394 g/mol. The largest absolute Gasteiger partial charge is 0.289 e. The summed E-state index contributed by atoms with van der Waals surface area (Å²) in [5.74, 6) is 0. The zero-order chi connectivity index (χ0) is 19.7. The maximum atomic E-state index is 13.5. The van der Waals surface area contributed by atoms with E-state index in [1.807, 2.05) is 54.6 Å². The number of nitrogens with zero attached hydrogens (tertiary/aromatic N) is 2. The van der Waals surface area contributed by atoms with Crippen LogP contribution in [0, 0.1) is 10.1 Å². The SMILES string of the molecule is O=[N+]([O-])c1ccccc1S(=O)(=O)N1CCc2ccccc2C1c1ccccc1. The minimum absolute atomic E-state index is 0.255. The minimum atomic E-state index is -4.09. The van der Waals surface area contributed by atoms with Crippen molar-refractivity contribution in [2.75, 3.05) is 6.54 Å². The van der Waals surface area contributed by atoms with Crippen LogP contribution in [0.4, 0.5) is 5.69 Å². The average molecular weight is 394 g/mol. The number of hydrogen-bond donors (Lipinski definition) is 0. The Morgan fingerprint density at radius 3 is 2.29 bits per heavy atom. The summed E-state index contributed by atoms with van der Waals surface area (Å²) in [5.41, 5.74) is 2.41. The lowest BCUT2D eigenvalue weighted by atomic mass is 9.90. The second-order valence-corrected chi connectivity index (χ2v) is 8.46. The molecule has 0 aliphatic carbocycles. The summed E-state index contributed by atoms with van der Waals surface area (Å²) in [7, 11) is -4.09. The van der Waals surface area contributed by atoms with Crippen LogP contribution in [-0.2, 0) is 16.4 Å². The van der Waals surface area contributed by atoms with E-state index in [0.29, 0.717) is 6.42 Å². The van der Waals surface area contributed by atoms with Crippen LogP contribution in [0.15, 0.2) is 83.8 Å². The highest BCUT2D eigenvalue weighted by Crippen LogP contribution is 2.40. The highest BCUT2D eigenvalue weighted by atomic mass is 32.2. The number of para-hydroxylation sites is 1. The number of rotatable bonds is 4. The molecule has 1 aliphatic heterocycles. The molecule has 0 amide bonds. The molecule has 0 fully saturated rings. The van der Waals surface area contributed by atoms with Gasteiger partial charge in [-0.2, -0.15) is 4.31 Å². The third kappa shape index (κ3) is 3.08. The Morgan fingerprint density at radius 1 is 0.893 bits per heavy atom. The Kier molecular flexibility index (Phi) is 4.70. The highest BCUT2D eigenvalue weighted by Gasteiger charge is 2.39. The fraction of sp³-hybridized carbons (Fsp3) is 0.143. The smallest absolute Gasteiger partial charge is 0.258 e. The standard InChI is InChI=1S/C21H18N2O4S/c24-23(25)19-12-6-7-13-20(19)28(26,27)22-15-14-16-8-4-5-11-18(16)21(22)17-9-2-1-3-10-17/h1-13,21H,14-15H2.